The Kier molecular flexibility index (Phi) is 6.49. The molecule has 150 valence electrons. The van der Waals surface area contributed by atoms with Gasteiger partial charge in [-0.25, -0.2) is 4.98 Å². The zero-order valence-electron chi connectivity index (χ0n) is 16.9. The molecule has 1 atom stereocenters. The molecule has 6 nitrogen and oxygen atoms in total. The molecule has 1 aromatic heterocycles. The van der Waals surface area contributed by atoms with Crippen LogP contribution >= 0.6 is 11.8 Å². The molecule has 0 aliphatic heterocycles. The van der Waals surface area contributed by atoms with Crippen molar-refractivity contribution >= 4 is 29.1 Å². The van der Waals surface area contributed by atoms with E-state index in [9.17, 15) is 9.59 Å². The summed E-state index contributed by atoms with van der Waals surface area (Å²) in [5.74, 6) is 0.511. The standard InChI is InChI=1S/C22H24N4O2S/c1-13(2)21(28)23-18-11-9-16(10-12-18)19(27)15(4)29-22-24-20(25-26-22)17-7-5-14(3)6-8-17/h5-13,15H,1-4H3,(H,23,28)(H,24,25,26). The number of anilines is 1. The number of thioether (sulfide) groups is 1. The van der Waals surface area contributed by atoms with Crippen molar-refractivity contribution in [2.75, 3.05) is 5.32 Å². The summed E-state index contributed by atoms with van der Waals surface area (Å²) in [6, 6.07) is 14.9. The van der Waals surface area contributed by atoms with Crippen LogP contribution in [0.1, 0.15) is 36.7 Å². The van der Waals surface area contributed by atoms with Gasteiger partial charge in [0.05, 0.1) is 5.25 Å². The van der Waals surface area contributed by atoms with E-state index >= 15 is 0 Å². The summed E-state index contributed by atoms with van der Waals surface area (Å²) in [7, 11) is 0. The van der Waals surface area contributed by atoms with Crippen molar-refractivity contribution in [2.45, 2.75) is 38.1 Å². The minimum atomic E-state index is -0.340. The number of H-pyrrole nitrogens is 1. The second-order valence-corrected chi connectivity index (χ2v) is 8.49. The highest BCUT2D eigenvalue weighted by molar-refractivity contribution is 8.00. The van der Waals surface area contributed by atoms with Gasteiger partial charge in [0, 0.05) is 22.7 Å². The number of aromatic nitrogens is 3. The molecule has 0 spiro atoms. The van der Waals surface area contributed by atoms with Gasteiger partial charge in [0.2, 0.25) is 11.1 Å². The van der Waals surface area contributed by atoms with E-state index in [0.29, 0.717) is 22.2 Å². The molecule has 1 heterocycles. The first kappa shape index (κ1) is 20.8. The van der Waals surface area contributed by atoms with Crippen LogP contribution in [-0.2, 0) is 4.79 Å². The number of aryl methyl sites for hydroxylation is 1. The molecule has 29 heavy (non-hydrogen) atoms. The van der Waals surface area contributed by atoms with Gasteiger partial charge in [-0.2, -0.15) is 0 Å². The van der Waals surface area contributed by atoms with Gasteiger partial charge in [0.25, 0.3) is 0 Å². The number of rotatable bonds is 7. The topological polar surface area (TPSA) is 87.7 Å². The highest BCUT2D eigenvalue weighted by Gasteiger charge is 2.19. The van der Waals surface area contributed by atoms with Crippen molar-refractivity contribution in [1.29, 1.82) is 0 Å². The Hall–Kier alpha value is -2.93. The predicted octanol–water partition coefficient (Wildman–Crippen LogP) is 4.74. The van der Waals surface area contributed by atoms with Crippen LogP contribution in [0.25, 0.3) is 11.4 Å². The smallest absolute Gasteiger partial charge is 0.226 e. The van der Waals surface area contributed by atoms with Gasteiger partial charge in [-0.05, 0) is 38.1 Å². The highest BCUT2D eigenvalue weighted by atomic mass is 32.2. The van der Waals surface area contributed by atoms with E-state index in [1.807, 2.05) is 52.0 Å². The van der Waals surface area contributed by atoms with Crippen LogP contribution in [0.5, 0.6) is 0 Å². The second-order valence-electron chi connectivity index (χ2n) is 7.18. The summed E-state index contributed by atoms with van der Waals surface area (Å²) in [5, 5.41) is 10.2. The Balaban J connectivity index is 1.63. The van der Waals surface area contributed by atoms with Crippen molar-refractivity contribution < 1.29 is 9.59 Å². The van der Waals surface area contributed by atoms with E-state index in [-0.39, 0.29) is 22.9 Å². The summed E-state index contributed by atoms with van der Waals surface area (Å²) >= 11 is 1.31. The number of benzene rings is 2. The van der Waals surface area contributed by atoms with Crippen molar-refractivity contribution in [3.05, 3.63) is 59.7 Å². The third kappa shape index (κ3) is 5.32. The van der Waals surface area contributed by atoms with Gasteiger partial charge in [-0.3, -0.25) is 14.7 Å². The number of nitrogens with one attached hydrogen (secondary N) is 2. The predicted molar refractivity (Wildman–Crippen MR) is 116 cm³/mol. The number of Topliss-reactive ketones (excluding diaryl/α,β-unsaturated/α-hetero) is 1. The first-order valence-corrected chi connectivity index (χ1v) is 10.3. The highest BCUT2D eigenvalue weighted by Crippen LogP contribution is 2.25. The molecule has 0 aliphatic carbocycles. The minimum Gasteiger partial charge on any atom is -0.326 e. The summed E-state index contributed by atoms with van der Waals surface area (Å²) in [4.78, 5) is 29.0. The Bertz CT molecular complexity index is 994. The molecule has 2 N–H and O–H groups in total. The normalized spacial score (nSPS) is 12.0. The summed E-state index contributed by atoms with van der Waals surface area (Å²) in [6.45, 7) is 7.53. The van der Waals surface area contributed by atoms with Gasteiger partial charge in [-0.15, -0.1) is 5.10 Å². The van der Waals surface area contributed by atoms with Crippen LogP contribution in [0.15, 0.2) is 53.7 Å². The number of nitrogens with zero attached hydrogens (tertiary/aromatic N) is 2. The lowest BCUT2D eigenvalue weighted by molar-refractivity contribution is -0.118. The zero-order chi connectivity index (χ0) is 21.0. The molecular formula is C22H24N4O2S. The monoisotopic (exact) mass is 408 g/mol. The van der Waals surface area contributed by atoms with Gasteiger partial charge >= 0.3 is 0 Å². The van der Waals surface area contributed by atoms with Crippen molar-refractivity contribution in [2.24, 2.45) is 5.92 Å². The first-order chi connectivity index (χ1) is 13.8. The Morgan fingerprint density at radius 3 is 2.28 bits per heavy atom. The molecule has 0 saturated carbocycles. The number of hydrogen-bond acceptors (Lipinski definition) is 5. The second kappa shape index (κ2) is 9.05. The molecule has 1 unspecified atom stereocenters. The van der Waals surface area contributed by atoms with Crippen LogP contribution in [-0.4, -0.2) is 32.1 Å². The largest absolute Gasteiger partial charge is 0.326 e. The molecule has 3 rings (SSSR count). The van der Waals surface area contributed by atoms with Crippen molar-refractivity contribution in [1.82, 2.24) is 15.2 Å². The maximum atomic E-state index is 12.7. The van der Waals surface area contributed by atoms with Crippen molar-refractivity contribution in [3.63, 3.8) is 0 Å². The number of carbonyl (C=O) groups excluding carboxylic acids is 2. The number of hydrogen-bond donors (Lipinski definition) is 2. The van der Waals surface area contributed by atoms with E-state index < -0.39 is 0 Å². The Labute approximate surface area is 174 Å². The zero-order valence-corrected chi connectivity index (χ0v) is 17.7. The van der Waals surface area contributed by atoms with Gasteiger partial charge in [-0.1, -0.05) is 55.4 Å². The fourth-order valence-corrected chi connectivity index (χ4v) is 3.39. The van der Waals surface area contributed by atoms with Crippen LogP contribution in [0, 0.1) is 12.8 Å². The lowest BCUT2D eigenvalue weighted by atomic mass is 10.1. The lowest BCUT2D eigenvalue weighted by Gasteiger charge is -2.10. The Morgan fingerprint density at radius 1 is 1.00 bits per heavy atom. The molecule has 0 radical (unpaired) electrons. The number of amides is 1. The molecule has 3 aromatic rings. The molecular weight excluding hydrogens is 384 g/mol. The maximum Gasteiger partial charge on any atom is 0.226 e. The third-order valence-corrected chi connectivity index (χ3v) is 5.36. The fourth-order valence-electron chi connectivity index (χ4n) is 2.59. The summed E-state index contributed by atoms with van der Waals surface area (Å²) < 4.78 is 0. The van der Waals surface area contributed by atoms with Crippen LogP contribution in [0.4, 0.5) is 5.69 Å². The molecule has 0 aliphatic rings. The molecule has 0 bridgehead atoms. The Morgan fingerprint density at radius 2 is 1.66 bits per heavy atom. The molecule has 7 heteroatoms. The quantitative estimate of drug-likeness (QED) is 0.436. The van der Waals surface area contributed by atoms with Gasteiger partial charge in [0.1, 0.15) is 0 Å². The average molecular weight is 409 g/mol. The van der Waals surface area contributed by atoms with E-state index in [1.165, 1.54) is 17.3 Å². The maximum absolute atomic E-state index is 12.7. The fraction of sp³-hybridized carbons (Fsp3) is 0.273. The van der Waals surface area contributed by atoms with Crippen LogP contribution < -0.4 is 5.32 Å². The lowest BCUT2D eigenvalue weighted by Crippen LogP contribution is -2.18. The van der Waals surface area contributed by atoms with Crippen molar-refractivity contribution in [3.8, 4) is 11.4 Å². The SMILES string of the molecule is Cc1ccc(-c2nc(SC(C)C(=O)c3ccc(NC(=O)C(C)C)cc3)n[nH]2)cc1. The molecule has 0 saturated heterocycles. The van der Waals surface area contributed by atoms with E-state index in [0.717, 1.165) is 5.56 Å². The summed E-state index contributed by atoms with van der Waals surface area (Å²) in [5.41, 5.74) is 3.39. The molecule has 0 fully saturated rings. The minimum absolute atomic E-state index is 0.0153. The number of aromatic amines is 1. The third-order valence-electron chi connectivity index (χ3n) is 4.40. The molecule has 1 amide bonds. The first-order valence-electron chi connectivity index (χ1n) is 9.44. The van der Waals surface area contributed by atoms with Crippen LogP contribution in [0.2, 0.25) is 0 Å². The average Bonchev–Trinajstić information content (AvgIpc) is 3.16. The number of ketones is 1. The van der Waals surface area contributed by atoms with E-state index in [4.69, 9.17) is 0 Å². The number of carbonyl (C=O) groups is 2. The van der Waals surface area contributed by atoms with Gasteiger partial charge < -0.3 is 5.32 Å². The summed E-state index contributed by atoms with van der Waals surface area (Å²) in [6.07, 6.45) is 0. The van der Waals surface area contributed by atoms with Crippen LogP contribution in [0.3, 0.4) is 0 Å². The molecule has 2 aromatic carbocycles. The van der Waals surface area contributed by atoms with E-state index in [2.05, 4.69) is 20.5 Å². The van der Waals surface area contributed by atoms with Gasteiger partial charge in [0.15, 0.2) is 11.6 Å². The van der Waals surface area contributed by atoms with E-state index in [1.54, 1.807) is 24.3 Å².